The number of aromatic nitrogens is 3. The average Bonchev–Trinajstić information content (AvgIpc) is 3.01. The molecule has 0 fully saturated rings. The molecule has 1 aromatic carbocycles. The lowest BCUT2D eigenvalue weighted by atomic mass is 10.1. The molecule has 0 saturated carbocycles. The van der Waals surface area contributed by atoms with Crippen molar-refractivity contribution in [1.82, 2.24) is 15.4 Å². The smallest absolute Gasteiger partial charge is 0.271 e. The Hall–Kier alpha value is -2.37. The van der Waals surface area contributed by atoms with Crippen LogP contribution in [0, 0.1) is 0 Å². The fourth-order valence-electron chi connectivity index (χ4n) is 2.21. The van der Waals surface area contributed by atoms with Crippen molar-refractivity contribution < 1.29 is 9.53 Å². The molecule has 22 heavy (non-hydrogen) atoms. The van der Waals surface area contributed by atoms with Gasteiger partial charge in [-0.05, 0) is 30.7 Å². The average molecular weight is 302 g/mol. The first-order valence-corrected chi connectivity index (χ1v) is 7.66. The highest BCUT2D eigenvalue weighted by Crippen LogP contribution is 2.22. The molecule has 0 aliphatic heterocycles. The van der Waals surface area contributed by atoms with Crippen molar-refractivity contribution in [2.24, 2.45) is 5.73 Å². The summed E-state index contributed by atoms with van der Waals surface area (Å²) in [7, 11) is 0. The first-order valence-electron chi connectivity index (χ1n) is 7.66. The Morgan fingerprint density at radius 1 is 1.14 bits per heavy atom. The Kier molecular flexibility index (Phi) is 5.94. The number of hydrogen-bond acceptors (Lipinski definition) is 4. The Bertz CT molecular complexity index is 592. The van der Waals surface area contributed by atoms with Gasteiger partial charge in [0.05, 0.1) is 6.61 Å². The monoisotopic (exact) mass is 302 g/mol. The van der Waals surface area contributed by atoms with Gasteiger partial charge in [0.2, 0.25) is 0 Å². The van der Waals surface area contributed by atoms with Gasteiger partial charge in [-0.3, -0.25) is 4.79 Å². The lowest BCUT2D eigenvalue weighted by Gasteiger charge is -2.06. The Morgan fingerprint density at radius 3 is 2.55 bits per heavy atom. The number of hydrogen-bond donors (Lipinski definition) is 2. The summed E-state index contributed by atoms with van der Waals surface area (Å²) < 4.78 is 5.70. The normalized spacial score (nSPS) is 10.6. The zero-order chi connectivity index (χ0) is 15.8. The number of unbranched alkanes of at least 4 members (excludes halogenated alkanes) is 4. The third kappa shape index (κ3) is 4.31. The summed E-state index contributed by atoms with van der Waals surface area (Å²) in [5.41, 5.74) is 6.63. The number of nitrogens with one attached hydrogen (secondary N) is 1. The highest BCUT2D eigenvalue weighted by Gasteiger charge is 2.14. The highest BCUT2D eigenvalue weighted by molar-refractivity contribution is 5.96. The van der Waals surface area contributed by atoms with Gasteiger partial charge in [0.1, 0.15) is 11.4 Å². The number of H-pyrrole nitrogens is 1. The summed E-state index contributed by atoms with van der Waals surface area (Å²) in [6.07, 6.45) is 6.07. The van der Waals surface area contributed by atoms with Gasteiger partial charge in [-0.15, -0.1) is 0 Å². The first kappa shape index (κ1) is 16.0. The zero-order valence-corrected chi connectivity index (χ0v) is 12.8. The standard InChI is InChI=1S/C16H22N4O2/c1-2-3-4-5-6-11-22-13-9-7-12(8-10-13)14-15(16(17)21)19-20-18-14/h7-10H,2-6,11H2,1H3,(H2,17,21)(H,18,19,20). The molecule has 0 aliphatic carbocycles. The number of nitrogens with zero attached hydrogens (tertiary/aromatic N) is 2. The number of amides is 1. The van der Waals surface area contributed by atoms with Gasteiger partial charge in [-0.1, -0.05) is 32.6 Å². The Labute approximate surface area is 130 Å². The van der Waals surface area contributed by atoms with Crippen molar-refractivity contribution >= 4 is 5.91 Å². The number of nitrogens with two attached hydrogens (primary N) is 1. The van der Waals surface area contributed by atoms with E-state index in [0.29, 0.717) is 5.69 Å². The van der Waals surface area contributed by atoms with Crippen LogP contribution in [-0.4, -0.2) is 27.9 Å². The molecule has 118 valence electrons. The third-order valence-corrected chi connectivity index (χ3v) is 3.43. The van der Waals surface area contributed by atoms with Gasteiger partial charge in [-0.25, -0.2) is 0 Å². The van der Waals surface area contributed by atoms with Crippen molar-refractivity contribution in [3.05, 3.63) is 30.0 Å². The van der Waals surface area contributed by atoms with Crippen molar-refractivity contribution in [3.63, 3.8) is 0 Å². The van der Waals surface area contributed by atoms with Crippen LogP contribution in [0.4, 0.5) is 0 Å². The molecule has 0 unspecified atom stereocenters. The van der Waals surface area contributed by atoms with E-state index in [1.165, 1.54) is 25.7 Å². The van der Waals surface area contributed by atoms with Crippen LogP contribution in [0.2, 0.25) is 0 Å². The van der Waals surface area contributed by atoms with Crippen molar-refractivity contribution in [2.75, 3.05) is 6.61 Å². The van der Waals surface area contributed by atoms with E-state index in [4.69, 9.17) is 10.5 Å². The largest absolute Gasteiger partial charge is 0.494 e. The van der Waals surface area contributed by atoms with E-state index in [1.54, 1.807) is 0 Å². The number of ether oxygens (including phenoxy) is 1. The molecule has 2 rings (SSSR count). The molecule has 6 heteroatoms. The Balaban J connectivity index is 1.88. The van der Waals surface area contributed by atoms with Gasteiger partial charge in [0, 0.05) is 5.56 Å². The first-order chi connectivity index (χ1) is 10.7. The maximum Gasteiger partial charge on any atom is 0.271 e. The van der Waals surface area contributed by atoms with E-state index in [-0.39, 0.29) is 5.69 Å². The topological polar surface area (TPSA) is 93.9 Å². The Morgan fingerprint density at radius 2 is 1.86 bits per heavy atom. The molecule has 6 nitrogen and oxygen atoms in total. The molecule has 0 bridgehead atoms. The minimum atomic E-state index is -0.601. The zero-order valence-electron chi connectivity index (χ0n) is 12.8. The number of carbonyl (C=O) groups is 1. The van der Waals surface area contributed by atoms with Gasteiger partial charge in [0.25, 0.3) is 5.91 Å². The summed E-state index contributed by atoms with van der Waals surface area (Å²) >= 11 is 0. The van der Waals surface area contributed by atoms with Gasteiger partial charge >= 0.3 is 0 Å². The molecule has 3 N–H and O–H groups in total. The lowest BCUT2D eigenvalue weighted by Crippen LogP contribution is -2.12. The van der Waals surface area contributed by atoms with E-state index < -0.39 is 5.91 Å². The van der Waals surface area contributed by atoms with Crippen LogP contribution in [0.15, 0.2) is 24.3 Å². The predicted octanol–water partition coefficient (Wildman–Crippen LogP) is 2.92. The number of aromatic amines is 1. The van der Waals surface area contributed by atoms with Crippen molar-refractivity contribution in [2.45, 2.75) is 39.0 Å². The van der Waals surface area contributed by atoms with Crippen molar-refractivity contribution in [3.8, 4) is 17.0 Å². The molecule has 1 heterocycles. The SMILES string of the molecule is CCCCCCCOc1ccc(-c2n[nH]nc2C(N)=O)cc1. The summed E-state index contributed by atoms with van der Waals surface area (Å²) in [6, 6.07) is 7.41. The second-order valence-electron chi connectivity index (χ2n) is 5.17. The molecule has 0 aliphatic rings. The van der Waals surface area contributed by atoms with Crippen LogP contribution in [0.5, 0.6) is 5.75 Å². The van der Waals surface area contributed by atoms with Crippen LogP contribution >= 0.6 is 0 Å². The maximum atomic E-state index is 11.2. The quantitative estimate of drug-likeness (QED) is 0.696. The summed E-state index contributed by atoms with van der Waals surface area (Å²) in [4.78, 5) is 11.2. The van der Waals surface area contributed by atoms with Crippen LogP contribution in [0.25, 0.3) is 11.3 Å². The highest BCUT2D eigenvalue weighted by atomic mass is 16.5. The number of benzene rings is 1. The summed E-state index contributed by atoms with van der Waals surface area (Å²) in [5.74, 6) is 0.208. The minimum absolute atomic E-state index is 0.143. The number of carbonyl (C=O) groups excluding carboxylic acids is 1. The minimum Gasteiger partial charge on any atom is -0.494 e. The molecule has 0 atom stereocenters. The summed E-state index contributed by atoms with van der Waals surface area (Å²) in [6.45, 7) is 2.93. The van der Waals surface area contributed by atoms with Crippen LogP contribution in [0.1, 0.15) is 49.5 Å². The molecule has 0 spiro atoms. The lowest BCUT2D eigenvalue weighted by molar-refractivity contribution is 0.0996. The maximum absolute atomic E-state index is 11.2. The van der Waals surface area contributed by atoms with Crippen molar-refractivity contribution in [1.29, 1.82) is 0 Å². The molecule has 1 amide bonds. The second kappa shape index (κ2) is 8.17. The van der Waals surface area contributed by atoms with Gasteiger partial charge < -0.3 is 10.5 Å². The van der Waals surface area contributed by atoms with Gasteiger partial charge in [-0.2, -0.15) is 15.4 Å². The number of rotatable bonds is 9. The molecule has 2 aromatic rings. The molecular formula is C16H22N4O2. The van der Waals surface area contributed by atoms with E-state index >= 15 is 0 Å². The van der Waals surface area contributed by atoms with Gasteiger partial charge in [0.15, 0.2) is 5.69 Å². The molecule has 1 aromatic heterocycles. The van der Waals surface area contributed by atoms with Crippen LogP contribution < -0.4 is 10.5 Å². The predicted molar refractivity (Wildman–Crippen MR) is 84.6 cm³/mol. The molecular weight excluding hydrogens is 280 g/mol. The molecule has 0 radical (unpaired) electrons. The number of primary amides is 1. The fourth-order valence-corrected chi connectivity index (χ4v) is 2.21. The van der Waals surface area contributed by atoms with E-state index in [0.717, 1.165) is 24.3 Å². The second-order valence-corrected chi connectivity index (χ2v) is 5.17. The van der Waals surface area contributed by atoms with E-state index in [1.807, 2.05) is 24.3 Å². The van der Waals surface area contributed by atoms with E-state index in [2.05, 4.69) is 22.3 Å². The fraction of sp³-hybridized carbons (Fsp3) is 0.438. The third-order valence-electron chi connectivity index (χ3n) is 3.43. The van der Waals surface area contributed by atoms with Crippen LogP contribution in [0.3, 0.4) is 0 Å². The van der Waals surface area contributed by atoms with Crippen LogP contribution in [-0.2, 0) is 0 Å². The van der Waals surface area contributed by atoms with E-state index in [9.17, 15) is 4.79 Å². The summed E-state index contributed by atoms with van der Waals surface area (Å²) in [5, 5.41) is 10.1. The molecule has 0 saturated heterocycles.